The van der Waals surface area contributed by atoms with Gasteiger partial charge in [-0.1, -0.05) is 36.7 Å². The highest BCUT2D eigenvalue weighted by atomic mass is 35.5. The van der Waals surface area contributed by atoms with E-state index in [-0.39, 0.29) is 10.6 Å². The van der Waals surface area contributed by atoms with Crippen molar-refractivity contribution in [3.05, 3.63) is 46.8 Å². The average Bonchev–Trinajstić information content (AvgIpc) is 2.17. The number of rotatable bonds is 4. The quantitative estimate of drug-likeness (QED) is 0.776. The van der Waals surface area contributed by atoms with Crippen molar-refractivity contribution in [2.45, 2.75) is 25.9 Å². The van der Waals surface area contributed by atoms with Crippen LogP contribution in [0.15, 0.2) is 30.4 Å². The van der Waals surface area contributed by atoms with Crippen LogP contribution in [0.5, 0.6) is 0 Å². The summed E-state index contributed by atoms with van der Waals surface area (Å²) in [6, 6.07) is 4.37. The summed E-state index contributed by atoms with van der Waals surface area (Å²) < 4.78 is 13.4. The van der Waals surface area contributed by atoms with Crippen LogP contribution in [0.25, 0.3) is 0 Å². The van der Waals surface area contributed by atoms with E-state index in [4.69, 9.17) is 11.6 Å². The van der Waals surface area contributed by atoms with Crippen molar-refractivity contribution in [2.24, 2.45) is 0 Å². The monoisotopic (exact) mass is 228 g/mol. The highest BCUT2D eigenvalue weighted by molar-refractivity contribution is 6.31. The molecule has 0 saturated heterocycles. The molecule has 1 nitrogen and oxygen atoms in total. The third-order valence-electron chi connectivity index (χ3n) is 2.31. The van der Waals surface area contributed by atoms with Gasteiger partial charge in [-0.05, 0) is 25.0 Å². The summed E-state index contributed by atoms with van der Waals surface area (Å²) in [7, 11) is 0. The Hall–Kier alpha value is -0.860. The van der Waals surface area contributed by atoms with E-state index in [2.05, 4.69) is 6.58 Å². The second-order valence-electron chi connectivity index (χ2n) is 3.46. The number of aliphatic hydroxyl groups excluding tert-OH is 1. The fourth-order valence-electron chi connectivity index (χ4n) is 1.35. The van der Waals surface area contributed by atoms with Gasteiger partial charge in [0, 0.05) is 10.6 Å². The van der Waals surface area contributed by atoms with Crippen LogP contribution in [-0.4, -0.2) is 5.11 Å². The molecule has 0 aliphatic heterocycles. The molecule has 0 heterocycles. The van der Waals surface area contributed by atoms with E-state index in [0.717, 1.165) is 12.0 Å². The van der Waals surface area contributed by atoms with Gasteiger partial charge in [0.2, 0.25) is 0 Å². The Kier molecular flexibility index (Phi) is 4.30. The first-order valence-corrected chi connectivity index (χ1v) is 5.22. The van der Waals surface area contributed by atoms with E-state index in [1.165, 1.54) is 12.1 Å². The van der Waals surface area contributed by atoms with Crippen LogP contribution in [0.4, 0.5) is 4.39 Å². The third kappa shape index (κ3) is 3.05. The molecule has 0 aliphatic rings. The maximum absolute atomic E-state index is 13.4. The molecule has 82 valence electrons. The molecule has 3 heteroatoms. The van der Waals surface area contributed by atoms with Crippen molar-refractivity contribution in [3.63, 3.8) is 0 Å². The summed E-state index contributed by atoms with van der Waals surface area (Å²) in [5.41, 5.74) is 1.04. The van der Waals surface area contributed by atoms with Crippen molar-refractivity contribution in [1.82, 2.24) is 0 Å². The Labute approximate surface area is 94.2 Å². The molecule has 0 fully saturated rings. The van der Waals surface area contributed by atoms with Gasteiger partial charge in [0.25, 0.3) is 0 Å². The predicted molar refractivity (Wildman–Crippen MR) is 60.4 cm³/mol. The van der Waals surface area contributed by atoms with E-state index in [1.54, 1.807) is 6.07 Å². The lowest BCUT2D eigenvalue weighted by molar-refractivity contribution is 0.173. The molecule has 1 N–H and O–H groups in total. The van der Waals surface area contributed by atoms with E-state index >= 15 is 0 Å². The molecular formula is C12H14ClFO. The van der Waals surface area contributed by atoms with E-state index in [0.29, 0.717) is 6.42 Å². The molecule has 0 saturated carbocycles. The first-order valence-electron chi connectivity index (χ1n) is 4.84. The number of benzene rings is 1. The van der Waals surface area contributed by atoms with Gasteiger partial charge in [-0.15, -0.1) is 0 Å². The van der Waals surface area contributed by atoms with Crippen LogP contribution < -0.4 is 0 Å². The van der Waals surface area contributed by atoms with E-state index < -0.39 is 11.9 Å². The predicted octanol–water partition coefficient (Wildman–Crippen LogP) is 3.87. The summed E-state index contributed by atoms with van der Waals surface area (Å²) in [5.74, 6) is -0.473. The highest BCUT2D eigenvalue weighted by Crippen LogP contribution is 2.29. The highest BCUT2D eigenvalue weighted by Gasteiger charge is 2.16. The molecule has 1 unspecified atom stereocenters. The lowest BCUT2D eigenvalue weighted by atomic mass is 10.0. The minimum atomic E-state index is -0.911. The molecule has 1 aromatic rings. The number of hydrogen-bond acceptors (Lipinski definition) is 1. The Balaban J connectivity index is 2.90. The molecule has 1 aromatic carbocycles. The molecule has 15 heavy (non-hydrogen) atoms. The minimum Gasteiger partial charge on any atom is -0.388 e. The second-order valence-corrected chi connectivity index (χ2v) is 3.87. The number of aliphatic hydroxyl groups is 1. The van der Waals surface area contributed by atoms with Gasteiger partial charge in [-0.25, -0.2) is 4.39 Å². The summed E-state index contributed by atoms with van der Waals surface area (Å²) in [5, 5.41) is 10.1. The van der Waals surface area contributed by atoms with Crippen molar-refractivity contribution in [1.29, 1.82) is 0 Å². The molecule has 0 aliphatic carbocycles. The average molecular weight is 229 g/mol. The summed E-state index contributed by atoms with van der Waals surface area (Å²) in [6.45, 7) is 5.71. The normalized spacial score (nSPS) is 12.5. The van der Waals surface area contributed by atoms with Gasteiger partial charge >= 0.3 is 0 Å². The number of hydrogen-bond donors (Lipinski definition) is 1. The zero-order valence-corrected chi connectivity index (χ0v) is 9.39. The number of halogens is 2. The van der Waals surface area contributed by atoms with Crippen molar-refractivity contribution in [3.8, 4) is 0 Å². The molecule has 0 aromatic heterocycles. The van der Waals surface area contributed by atoms with Crippen molar-refractivity contribution < 1.29 is 9.50 Å². The van der Waals surface area contributed by atoms with Gasteiger partial charge in [0.1, 0.15) is 5.82 Å². The first kappa shape index (κ1) is 12.2. The maximum atomic E-state index is 13.4. The molecule has 0 amide bonds. The van der Waals surface area contributed by atoms with Gasteiger partial charge < -0.3 is 5.11 Å². The van der Waals surface area contributed by atoms with Crippen LogP contribution in [0.1, 0.15) is 31.4 Å². The van der Waals surface area contributed by atoms with Gasteiger partial charge in [-0.3, -0.25) is 0 Å². The van der Waals surface area contributed by atoms with Crippen LogP contribution >= 0.6 is 11.6 Å². The topological polar surface area (TPSA) is 20.2 Å². The molecule has 0 spiro atoms. The molecule has 0 bridgehead atoms. The molecular weight excluding hydrogens is 215 g/mol. The Morgan fingerprint density at radius 2 is 2.27 bits per heavy atom. The Morgan fingerprint density at radius 1 is 1.60 bits per heavy atom. The van der Waals surface area contributed by atoms with Crippen LogP contribution in [0.2, 0.25) is 5.02 Å². The van der Waals surface area contributed by atoms with Crippen molar-refractivity contribution >= 4 is 11.6 Å². The first-order chi connectivity index (χ1) is 7.06. The zero-order chi connectivity index (χ0) is 11.4. The summed E-state index contributed by atoms with van der Waals surface area (Å²) in [6.07, 6.45) is 0.200. The largest absolute Gasteiger partial charge is 0.388 e. The molecule has 1 rings (SSSR count). The lowest BCUT2D eigenvalue weighted by Crippen LogP contribution is -2.02. The lowest BCUT2D eigenvalue weighted by Gasteiger charge is -2.14. The van der Waals surface area contributed by atoms with Gasteiger partial charge in [-0.2, -0.15) is 0 Å². The SMILES string of the molecule is C=C(CC)CC(O)c1c(F)cccc1Cl. The maximum Gasteiger partial charge on any atom is 0.130 e. The Morgan fingerprint density at radius 3 is 2.80 bits per heavy atom. The van der Waals surface area contributed by atoms with Crippen LogP contribution in [0.3, 0.4) is 0 Å². The summed E-state index contributed by atoms with van der Waals surface area (Å²) in [4.78, 5) is 0. The Bertz CT molecular complexity index is 342. The van der Waals surface area contributed by atoms with E-state index in [9.17, 15) is 9.50 Å². The fourth-order valence-corrected chi connectivity index (χ4v) is 1.64. The summed E-state index contributed by atoms with van der Waals surface area (Å²) >= 11 is 5.82. The van der Waals surface area contributed by atoms with Crippen LogP contribution in [0, 0.1) is 5.82 Å². The molecule has 0 radical (unpaired) electrons. The fraction of sp³-hybridized carbons (Fsp3) is 0.333. The standard InChI is InChI=1S/C12H14ClFO/c1-3-8(2)7-11(15)12-9(13)5-4-6-10(12)14/h4-6,11,15H,2-3,7H2,1H3. The van der Waals surface area contributed by atoms with E-state index in [1.807, 2.05) is 6.92 Å². The molecule has 1 atom stereocenters. The smallest absolute Gasteiger partial charge is 0.130 e. The van der Waals surface area contributed by atoms with Gasteiger partial charge in [0.05, 0.1) is 6.10 Å². The van der Waals surface area contributed by atoms with Crippen LogP contribution in [-0.2, 0) is 0 Å². The zero-order valence-electron chi connectivity index (χ0n) is 8.63. The second kappa shape index (κ2) is 5.29. The van der Waals surface area contributed by atoms with Crippen molar-refractivity contribution in [2.75, 3.05) is 0 Å². The van der Waals surface area contributed by atoms with Gasteiger partial charge in [0.15, 0.2) is 0 Å². The third-order valence-corrected chi connectivity index (χ3v) is 2.64. The minimum absolute atomic E-state index is 0.161.